The number of rotatable bonds is 3. The average Bonchev–Trinajstić information content (AvgIpc) is 2.93. The fourth-order valence-electron chi connectivity index (χ4n) is 2.09. The van der Waals surface area contributed by atoms with Gasteiger partial charge in [-0.05, 0) is 63.3 Å². The first-order valence-corrected chi connectivity index (χ1v) is 6.82. The molecule has 1 fully saturated rings. The summed E-state index contributed by atoms with van der Waals surface area (Å²) in [5.74, 6) is 1.32. The van der Waals surface area contributed by atoms with Crippen molar-refractivity contribution in [3.05, 3.63) is 33.8 Å². The van der Waals surface area contributed by atoms with Crippen LogP contribution in [-0.2, 0) is 0 Å². The van der Waals surface area contributed by atoms with Crippen molar-refractivity contribution in [2.45, 2.75) is 38.6 Å². The lowest BCUT2D eigenvalue weighted by Crippen LogP contribution is -2.37. The molecule has 0 bridgehead atoms. The van der Waals surface area contributed by atoms with Crippen LogP contribution in [0.3, 0.4) is 0 Å². The third-order valence-electron chi connectivity index (χ3n) is 3.18. The first kappa shape index (κ1) is 13.2. The van der Waals surface area contributed by atoms with E-state index in [1.54, 1.807) is 0 Å². The molecule has 0 heterocycles. The van der Waals surface area contributed by atoms with Crippen LogP contribution in [0.4, 0.5) is 0 Å². The van der Waals surface area contributed by atoms with Gasteiger partial charge in [-0.15, -0.1) is 0 Å². The molecule has 1 aromatic carbocycles. The Balaban J connectivity index is 1.94. The number of halogens is 2. The van der Waals surface area contributed by atoms with Crippen molar-refractivity contribution in [2.24, 2.45) is 5.92 Å². The summed E-state index contributed by atoms with van der Waals surface area (Å²) < 4.78 is 0. The van der Waals surface area contributed by atoms with Crippen LogP contribution in [0.2, 0.25) is 10.0 Å². The largest absolute Gasteiger partial charge is 0.312 e. The van der Waals surface area contributed by atoms with Gasteiger partial charge in [0.05, 0.1) is 0 Å². The van der Waals surface area contributed by atoms with E-state index in [-0.39, 0.29) is 5.54 Å². The summed E-state index contributed by atoms with van der Waals surface area (Å²) >= 11 is 12.1. The van der Waals surface area contributed by atoms with Crippen LogP contribution in [0.25, 0.3) is 0 Å². The average molecular weight is 272 g/mol. The van der Waals surface area contributed by atoms with Gasteiger partial charge >= 0.3 is 0 Å². The Morgan fingerprint density at radius 2 is 2.00 bits per heavy atom. The Morgan fingerprint density at radius 3 is 2.59 bits per heavy atom. The molecule has 1 nitrogen and oxygen atoms in total. The van der Waals surface area contributed by atoms with Gasteiger partial charge in [0.15, 0.2) is 0 Å². The van der Waals surface area contributed by atoms with Gasteiger partial charge in [-0.2, -0.15) is 0 Å². The van der Waals surface area contributed by atoms with Crippen molar-refractivity contribution in [1.82, 2.24) is 5.32 Å². The lowest BCUT2D eigenvalue weighted by molar-refractivity contribution is 0.414. The lowest BCUT2D eigenvalue weighted by atomic mass is 10.1. The van der Waals surface area contributed by atoms with Gasteiger partial charge in [0, 0.05) is 15.6 Å². The SMILES string of the molecule is CC(C)(C)NCC1CC1c1ccc(Cl)cc1Cl. The molecule has 2 rings (SSSR count). The van der Waals surface area contributed by atoms with Crippen LogP contribution in [0.1, 0.15) is 38.7 Å². The molecule has 0 aliphatic heterocycles. The van der Waals surface area contributed by atoms with Gasteiger partial charge in [0.25, 0.3) is 0 Å². The Hall–Kier alpha value is -0.240. The van der Waals surface area contributed by atoms with Crippen molar-refractivity contribution in [3.63, 3.8) is 0 Å². The quantitative estimate of drug-likeness (QED) is 0.855. The highest BCUT2D eigenvalue weighted by Crippen LogP contribution is 2.49. The van der Waals surface area contributed by atoms with Crippen LogP contribution < -0.4 is 5.32 Å². The number of nitrogens with one attached hydrogen (secondary N) is 1. The summed E-state index contributed by atoms with van der Waals surface area (Å²) in [4.78, 5) is 0. The summed E-state index contributed by atoms with van der Waals surface area (Å²) in [7, 11) is 0. The normalized spacial score (nSPS) is 23.8. The van der Waals surface area contributed by atoms with E-state index in [1.165, 1.54) is 12.0 Å². The third-order valence-corrected chi connectivity index (χ3v) is 3.74. The fourth-order valence-corrected chi connectivity index (χ4v) is 2.64. The van der Waals surface area contributed by atoms with Crippen LogP contribution in [-0.4, -0.2) is 12.1 Å². The molecule has 1 N–H and O–H groups in total. The highest BCUT2D eigenvalue weighted by Gasteiger charge is 2.39. The Labute approximate surface area is 114 Å². The number of hydrogen-bond acceptors (Lipinski definition) is 1. The number of benzene rings is 1. The molecule has 1 saturated carbocycles. The maximum Gasteiger partial charge on any atom is 0.0455 e. The predicted octanol–water partition coefficient (Wildman–Crippen LogP) is 4.49. The topological polar surface area (TPSA) is 12.0 Å². The zero-order chi connectivity index (χ0) is 12.6. The van der Waals surface area contributed by atoms with Crippen molar-refractivity contribution >= 4 is 23.2 Å². The van der Waals surface area contributed by atoms with Gasteiger partial charge in [0.1, 0.15) is 0 Å². The summed E-state index contributed by atoms with van der Waals surface area (Å²) in [6.45, 7) is 7.64. The van der Waals surface area contributed by atoms with E-state index in [0.29, 0.717) is 16.9 Å². The van der Waals surface area contributed by atoms with Crippen LogP contribution >= 0.6 is 23.2 Å². The summed E-state index contributed by atoms with van der Waals surface area (Å²) in [6.07, 6.45) is 1.23. The monoisotopic (exact) mass is 271 g/mol. The molecule has 94 valence electrons. The Kier molecular flexibility index (Phi) is 3.72. The van der Waals surface area contributed by atoms with E-state index in [1.807, 2.05) is 12.1 Å². The predicted molar refractivity (Wildman–Crippen MR) is 75.1 cm³/mol. The Morgan fingerprint density at radius 1 is 1.29 bits per heavy atom. The zero-order valence-corrected chi connectivity index (χ0v) is 12.1. The third kappa shape index (κ3) is 3.61. The van der Waals surface area contributed by atoms with Gasteiger partial charge in [-0.25, -0.2) is 0 Å². The number of hydrogen-bond donors (Lipinski definition) is 1. The molecule has 0 spiro atoms. The molecular formula is C14H19Cl2N. The van der Waals surface area contributed by atoms with E-state index in [2.05, 4.69) is 32.2 Å². The minimum atomic E-state index is 0.191. The van der Waals surface area contributed by atoms with E-state index in [4.69, 9.17) is 23.2 Å². The molecule has 2 atom stereocenters. The molecule has 1 aliphatic carbocycles. The van der Waals surface area contributed by atoms with Crippen LogP contribution in [0.5, 0.6) is 0 Å². The molecule has 3 heteroatoms. The zero-order valence-electron chi connectivity index (χ0n) is 10.6. The maximum absolute atomic E-state index is 6.22. The van der Waals surface area contributed by atoms with Gasteiger partial charge in [0.2, 0.25) is 0 Å². The molecule has 1 aliphatic rings. The molecule has 0 amide bonds. The van der Waals surface area contributed by atoms with Crippen LogP contribution in [0, 0.1) is 5.92 Å². The van der Waals surface area contributed by atoms with Gasteiger partial charge < -0.3 is 5.32 Å². The van der Waals surface area contributed by atoms with E-state index in [0.717, 1.165) is 11.6 Å². The van der Waals surface area contributed by atoms with Crippen molar-refractivity contribution in [1.29, 1.82) is 0 Å². The van der Waals surface area contributed by atoms with Crippen molar-refractivity contribution in [3.8, 4) is 0 Å². The van der Waals surface area contributed by atoms with Crippen LogP contribution in [0.15, 0.2) is 18.2 Å². The first-order valence-electron chi connectivity index (χ1n) is 6.07. The highest BCUT2D eigenvalue weighted by molar-refractivity contribution is 6.35. The summed E-state index contributed by atoms with van der Waals surface area (Å²) in [5, 5.41) is 5.06. The van der Waals surface area contributed by atoms with Crippen molar-refractivity contribution < 1.29 is 0 Å². The lowest BCUT2D eigenvalue weighted by Gasteiger charge is -2.20. The summed E-state index contributed by atoms with van der Waals surface area (Å²) in [5.41, 5.74) is 1.44. The fraction of sp³-hybridized carbons (Fsp3) is 0.571. The van der Waals surface area contributed by atoms with E-state index >= 15 is 0 Å². The second-order valence-electron chi connectivity index (χ2n) is 5.90. The minimum absolute atomic E-state index is 0.191. The van der Waals surface area contributed by atoms with Gasteiger partial charge in [-0.1, -0.05) is 29.3 Å². The van der Waals surface area contributed by atoms with Crippen molar-refractivity contribution in [2.75, 3.05) is 6.54 Å². The second-order valence-corrected chi connectivity index (χ2v) is 6.74. The highest BCUT2D eigenvalue weighted by atomic mass is 35.5. The smallest absolute Gasteiger partial charge is 0.0455 e. The second kappa shape index (κ2) is 4.79. The Bertz CT molecular complexity index is 409. The van der Waals surface area contributed by atoms with Gasteiger partial charge in [-0.3, -0.25) is 0 Å². The standard InChI is InChI=1S/C14H19Cl2N/c1-14(2,3)17-8-9-6-12(9)11-5-4-10(15)7-13(11)16/h4-5,7,9,12,17H,6,8H2,1-3H3. The molecule has 0 aromatic heterocycles. The van der Waals surface area contributed by atoms with E-state index in [9.17, 15) is 0 Å². The molecule has 0 saturated heterocycles. The van der Waals surface area contributed by atoms with E-state index < -0.39 is 0 Å². The minimum Gasteiger partial charge on any atom is -0.312 e. The maximum atomic E-state index is 6.22. The molecule has 17 heavy (non-hydrogen) atoms. The first-order chi connectivity index (χ1) is 7.87. The molecule has 0 radical (unpaired) electrons. The molecule has 1 aromatic rings. The molecule has 2 unspecified atom stereocenters. The molecular weight excluding hydrogens is 253 g/mol. The summed E-state index contributed by atoms with van der Waals surface area (Å²) in [6, 6.07) is 5.83.